The Kier molecular flexibility index (Phi) is 6.97. The minimum absolute atomic E-state index is 0.153. The van der Waals surface area contributed by atoms with Crippen molar-refractivity contribution in [2.75, 3.05) is 12.4 Å². The molecule has 0 aliphatic carbocycles. The van der Waals surface area contributed by atoms with Crippen LogP contribution in [0.2, 0.25) is 0 Å². The lowest BCUT2D eigenvalue weighted by atomic mass is 10.1. The molecule has 0 aliphatic rings. The summed E-state index contributed by atoms with van der Waals surface area (Å²) in [6.45, 7) is 6.52. The molecule has 2 N–H and O–H groups in total. The van der Waals surface area contributed by atoms with Crippen molar-refractivity contribution in [1.82, 2.24) is 5.32 Å². The maximum absolute atomic E-state index is 11.7. The van der Waals surface area contributed by atoms with E-state index in [1.807, 2.05) is 51.1 Å². The van der Waals surface area contributed by atoms with Gasteiger partial charge in [0, 0.05) is 12.2 Å². The van der Waals surface area contributed by atoms with Crippen LogP contribution in [0.1, 0.15) is 35.3 Å². The molecule has 138 valence electrons. The van der Waals surface area contributed by atoms with Crippen LogP contribution in [0.4, 0.5) is 5.69 Å². The van der Waals surface area contributed by atoms with Crippen molar-refractivity contribution in [2.45, 2.75) is 33.4 Å². The van der Waals surface area contributed by atoms with Gasteiger partial charge in [0.15, 0.2) is 5.11 Å². The molecular formula is C20H24N2O3S. The first-order valence-corrected chi connectivity index (χ1v) is 8.79. The number of nitrogens with one attached hydrogen (secondary N) is 2. The molecule has 0 aromatic heterocycles. The maximum atomic E-state index is 11.7. The van der Waals surface area contributed by atoms with Crippen LogP contribution < -0.4 is 15.4 Å². The van der Waals surface area contributed by atoms with E-state index in [1.165, 1.54) is 7.11 Å². The van der Waals surface area contributed by atoms with Crippen molar-refractivity contribution in [3.63, 3.8) is 0 Å². The van der Waals surface area contributed by atoms with Gasteiger partial charge in [0.25, 0.3) is 0 Å². The molecule has 0 fully saturated rings. The first-order chi connectivity index (χ1) is 12.4. The van der Waals surface area contributed by atoms with Gasteiger partial charge in [0.1, 0.15) is 5.75 Å². The van der Waals surface area contributed by atoms with E-state index >= 15 is 0 Å². The largest absolute Gasteiger partial charge is 0.491 e. The van der Waals surface area contributed by atoms with Crippen LogP contribution in [0.5, 0.6) is 5.75 Å². The lowest BCUT2D eigenvalue weighted by molar-refractivity contribution is 0.0601. The van der Waals surface area contributed by atoms with Gasteiger partial charge in [0.05, 0.1) is 18.8 Å². The Hall–Kier alpha value is -2.60. The fourth-order valence-corrected chi connectivity index (χ4v) is 2.49. The Morgan fingerprint density at radius 1 is 1.15 bits per heavy atom. The summed E-state index contributed by atoms with van der Waals surface area (Å²) in [5.74, 6) is 0.468. The number of hydrogen-bond acceptors (Lipinski definition) is 4. The third-order valence-corrected chi connectivity index (χ3v) is 3.90. The molecule has 0 saturated carbocycles. The Morgan fingerprint density at radius 3 is 2.46 bits per heavy atom. The van der Waals surface area contributed by atoms with Gasteiger partial charge in [0.2, 0.25) is 0 Å². The topological polar surface area (TPSA) is 59.6 Å². The van der Waals surface area contributed by atoms with Crippen LogP contribution in [-0.4, -0.2) is 24.3 Å². The Bertz CT molecular complexity index is 773. The Labute approximate surface area is 159 Å². The van der Waals surface area contributed by atoms with Crippen LogP contribution in [0.3, 0.4) is 0 Å². The predicted molar refractivity (Wildman–Crippen MR) is 108 cm³/mol. The van der Waals surface area contributed by atoms with Gasteiger partial charge in [-0.3, -0.25) is 0 Å². The van der Waals surface area contributed by atoms with Gasteiger partial charge < -0.3 is 20.1 Å². The molecule has 2 rings (SSSR count). The number of methoxy groups -OCH3 is 1. The van der Waals surface area contributed by atoms with Crippen LogP contribution in [0.15, 0.2) is 42.5 Å². The van der Waals surface area contributed by atoms with Gasteiger partial charge >= 0.3 is 5.97 Å². The number of esters is 1. The zero-order valence-electron chi connectivity index (χ0n) is 15.5. The summed E-state index contributed by atoms with van der Waals surface area (Å²) >= 11 is 5.35. The quantitative estimate of drug-likeness (QED) is 0.589. The smallest absolute Gasteiger partial charge is 0.337 e. The molecule has 2 aromatic carbocycles. The number of ether oxygens (including phenoxy) is 2. The number of anilines is 1. The summed E-state index contributed by atoms with van der Waals surface area (Å²) in [6.07, 6.45) is 0.153. The first kappa shape index (κ1) is 19.7. The van der Waals surface area contributed by atoms with E-state index in [9.17, 15) is 4.79 Å². The molecule has 0 saturated heterocycles. The van der Waals surface area contributed by atoms with Gasteiger partial charge in [-0.2, -0.15) is 0 Å². The van der Waals surface area contributed by atoms with Crippen molar-refractivity contribution in [3.05, 3.63) is 59.2 Å². The Balaban J connectivity index is 1.93. The van der Waals surface area contributed by atoms with E-state index in [-0.39, 0.29) is 12.1 Å². The van der Waals surface area contributed by atoms with E-state index < -0.39 is 0 Å². The van der Waals surface area contributed by atoms with Crippen molar-refractivity contribution in [3.8, 4) is 5.75 Å². The summed E-state index contributed by atoms with van der Waals surface area (Å²) in [7, 11) is 1.36. The number of rotatable bonds is 6. The van der Waals surface area contributed by atoms with Crippen molar-refractivity contribution >= 4 is 29.0 Å². The fourth-order valence-electron chi connectivity index (χ4n) is 2.31. The second kappa shape index (κ2) is 9.20. The third kappa shape index (κ3) is 5.74. The van der Waals surface area contributed by atoms with E-state index in [4.69, 9.17) is 21.7 Å². The van der Waals surface area contributed by atoms with E-state index in [0.29, 0.717) is 17.2 Å². The minimum Gasteiger partial charge on any atom is -0.491 e. The van der Waals surface area contributed by atoms with Crippen LogP contribution in [-0.2, 0) is 11.3 Å². The molecule has 0 amide bonds. The fraction of sp³-hybridized carbons (Fsp3) is 0.300. The zero-order valence-corrected chi connectivity index (χ0v) is 16.3. The highest BCUT2D eigenvalue weighted by Crippen LogP contribution is 2.18. The second-order valence-electron chi connectivity index (χ2n) is 6.14. The summed E-state index contributed by atoms with van der Waals surface area (Å²) < 4.78 is 10.4. The highest BCUT2D eigenvalue weighted by atomic mass is 32.1. The summed E-state index contributed by atoms with van der Waals surface area (Å²) in [6, 6.07) is 13.2. The average Bonchev–Trinajstić information content (AvgIpc) is 2.62. The lowest BCUT2D eigenvalue weighted by Crippen LogP contribution is -2.28. The predicted octanol–water partition coefficient (Wildman–Crippen LogP) is 4.06. The normalized spacial score (nSPS) is 10.3. The molecule has 0 spiro atoms. The van der Waals surface area contributed by atoms with Crippen LogP contribution >= 0.6 is 12.2 Å². The lowest BCUT2D eigenvalue weighted by Gasteiger charge is -2.14. The van der Waals surface area contributed by atoms with E-state index in [1.54, 1.807) is 12.1 Å². The highest BCUT2D eigenvalue weighted by Gasteiger charge is 2.09. The van der Waals surface area contributed by atoms with E-state index in [2.05, 4.69) is 10.6 Å². The van der Waals surface area contributed by atoms with Crippen molar-refractivity contribution in [2.24, 2.45) is 0 Å². The number of benzene rings is 2. The summed E-state index contributed by atoms with van der Waals surface area (Å²) in [5, 5.41) is 6.77. The Morgan fingerprint density at radius 2 is 1.85 bits per heavy atom. The van der Waals surface area contributed by atoms with Gasteiger partial charge in [-0.1, -0.05) is 18.2 Å². The van der Waals surface area contributed by atoms with Crippen molar-refractivity contribution in [1.29, 1.82) is 0 Å². The molecule has 26 heavy (non-hydrogen) atoms. The van der Waals surface area contributed by atoms with Crippen LogP contribution in [0, 0.1) is 6.92 Å². The van der Waals surface area contributed by atoms with E-state index in [0.717, 1.165) is 22.6 Å². The van der Waals surface area contributed by atoms with Crippen LogP contribution in [0.25, 0.3) is 0 Å². The molecule has 0 aliphatic heterocycles. The molecule has 5 nitrogen and oxygen atoms in total. The molecule has 2 aromatic rings. The van der Waals surface area contributed by atoms with Gasteiger partial charge in [-0.05, 0) is 68.4 Å². The molecule has 0 radical (unpaired) electrons. The van der Waals surface area contributed by atoms with Crippen molar-refractivity contribution < 1.29 is 14.3 Å². The summed E-state index contributed by atoms with van der Waals surface area (Å²) in [4.78, 5) is 11.7. The monoisotopic (exact) mass is 372 g/mol. The molecule has 0 unspecified atom stereocenters. The molecule has 0 bridgehead atoms. The zero-order chi connectivity index (χ0) is 19.1. The number of carbonyl (C=O) groups is 1. The first-order valence-electron chi connectivity index (χ1n) is 8.38. The highest BCUT2D eigenvalue weighted by molar-refractivity contribution is 7.80. The summed E-state index contributed by atoms with van der Waals surface area (Å²) in [5.41, 5.74) is 3.32. The minimum atomic E-state index is -0.379. The average molecular weight is 372 g/mol. The molecule has 0 heterocycles. The maximum Gasteiger partial charge on any atom is 0.337 e. The number of hydrogen-bond donors (Lipinski definition) is 2. The van der Waals surface area contributed by atoms with Gasteiger partial charge in [-0.25, -0.2) is 4.79 Å². The van der Waals surface area contributed by atoms with Gasteiger partial charge in [-0.15, -0.1) is 0 Å². The molecule has 0 atom stereocenters. The number of aryl methyl sites for hydroxylation is 1. The second-order valence-corrected chi connectivity index (χ2v) is 6.55. The molecule has 6 heteroatoms. The molecular weight excluding hydrogens is 348 g/mol. The standard InChI is InChI=1S/C20H24N2O3S/c1-13(2)25-17-9-6-15(7-10-17)12-21-20(26)22-18-11-16(19(23)24-4)8-5-14(18)3/h5-11,13H,12H2,1-4H3,(H2,21,22,26). The SMILES string of the molecule is COC(=O)c1ccc(C)c(NC(=S)NCc2ccc(OC(C)C)cc2)c1. The number of thiocarbonyl (C=S) groups is 1. The number of carbonyl (C=O) groups excluding carboxylic acids is 1. The third-order valence-electron chi connectivity index (χ3n) is 3.66.